The molecule has 3 saturated heterocycles. The molecule has 1 atom stereocenters. The van der Waals surface area contributed by atoms with E-state index in [1.165, 1.54) is 25.9 Å². The van der Waals surface area contributed by atoms with Gasteiger partial charge in [0.2, 0.25) is 0 Å². The Hall–Kier alpha value is -2.21. The van der Waals surface area contributed by atoms with E-state index < -0.39 is 0 Å². The van der Waals surface area contributed by atoms with Gasteiger partial charge in [0.1, 0.15) is 11.4 Å². The molecule has 114 valence electrons. The summed E-state index contributed by atoms with van der Waals surface area (Å²) in [4.78, 5) is 19.1. The van der Waals surface area contributed by atoms with Gasteiger partial charge >= 0.3 is 0 Å². The van der Waals surface area contributed by atoms with E-state index in [-0.39, 0.29) is 11.9 Å². The number of carbonyl (C=O) groups is 1. The van der Waals surface area contributed by atoms with E-state index in [9.17, 15) is 4.79 Å². The van der Waals surface area contributed by atoms with Crippen LogP contribution in [0, 0.1) is 5.92 Å². The summed E-state index contributed by atoms with van der Waals surface area (Å²) in [6, 6.07) is 7.67. The van der Waals surface area contributed by atoms with Crippen molar-refractivity contribution in [3.05, 3.63) is 36.2 Å². The van der Waals surface area contributed by atoms with E-state index in [4.69, 9.17) is 0 Å². The topological polar surface area (TPSA) is 73.9 Å². The van der Waals surface area contributed by atoms with Gasteiger partial charge in [-0.3, -0.25) is 14.9 Å². The van der Waals surface area contributed by atoms with Crippen molar-refractivity contribution in [2.24, 2.45) is 5.92 Å². The molecule has 5 heterocycles. The third-order valence-corrected chi connectivity index (χ3v) is 4.72. The lowest BCUT2D eigenvalue weighted by Crippen LogP contribution is -2.57. The Morgan fingerprint density at radius 2 is 2.14 bits per heavy atom. The van der Waals surface area contributed by atoms with Gasteiger partial charge in [-0.1, -0.05) is 6.07 Å². The fourth-order valence-corrected chi connectivity index (χ4v) is 3.46. The maximum absolute atomic E-state index is 12.4. The predicted octanol–water partition coefficient (Wildman–Crippen LogP) is 1.30. The first-order chi connectivity index (χ1) is 10.8. The van der Waals surface area contributed by atoms with Gasteiger partial charge in [-0.05, 0) is 50.0 Å². The monoisotopic (exact) mass is 297 g/mol. The van der Waals surface area contributed by atoms with E-state index in [1.807, 2.05) is 18.2 Å². The number of carbonyl (C=O) groups excluding carboxylic acids is 1. The number of nitrogens with one attached hydrogen (secondary N) is 2. The van der Waals surface area contributed by atoms with Crippen LogP contribution in [0.25, 0.3) is 11.4 Å². The predicted molar refractivity (Wildman–Crippen MR) is 82.2 cm³/mol. The van der Waals surface area contributed by atoms with E-state index in [1.54, 1.807) is 12.3 Å². The Balaban J connectivity index is 1.46. The number of piperidine rings is 3. The zero-order valence-corrected chi connectivity index (χ0v) is 12.3. The summed E-state index contributed by atoms with van der Waals surface area (Å²) < 4.78 is 0. The number of aromatic amines is 1. The molecule has 22 heavy (non-hydrogen) atoms. The molecule has 5 rings (SSSR count). The molecule has 0 spiro atoms. The number of amides is 1. The summed E-state index contributed by atoms with van der Waals surface area (Å²) in [5.74, 6) is 0.542. The smallest absolute Gasteiger partial charge is 0.269 e. The first-order valence-electron chi connectivity index (χ1n) is 7.79. The minimum Gasteiger partial charge on any atom is -0.346 e. The molecule has 3 aliphatic rings. The number of pyridine rings is 1. The van der Waals surface area contributed by atoms with Crippen LogP contribution in [0.2, 0.25) is 0 Å². The lowest BCUT2D eigenvalue weighted by molar-refractivity contribution is 0.0618. The van der Waals surface area contributed by atoms with Crippen molar-refractivity contribution in [2.75, 3.05) is 19.6 Å². The number of aromatic nitrogens is 3. The molecule has 0 saturated carbocycles. The van der Waals surface area contributed by atoms with Gasteiger partial charge in [0.05, 0.1) is 5.69 Å². The van der Waals surface area contributed by atoms with Crippen molar-refractivity contribution in [3.8, 4) is 11.4 Å². The number of H-pyrrole nitrogens is 1. The van der Waals surface area contributed by atoms with Crippen molar-refractivity contribution in [2.45, 2.75) is 18.9 Å². The summed E-state index contributed by atoms with van der Waals surface area (Å²) >= 11 is 0. The quantitative estimate of drug-likeness (QED) is 0.895. The van der Waals surface area contributed by atoms with Crippen LogP contribution in [0.15, 0.2) is 30.5 Å². The van der Waals surface area contributed by atoms with Crippen molar-refractivity contribution in [3.63, 3.8) is 0 Å². The lowest BCUT2D eigenvalue weighted by atomic mass is 9.84. The minimum absolute atomic E-state index is 0.0755. The molecule has 2 aromatic heterocycles. The molecule has 0 unspecified atom stereocenters. The second-order valence-electron chi connectivity index (χ2n) is 6.10. The van der Waals surface area contributed by atoms with E-state index in [0.29, 0.717) is 17.3 Å². The van der Waals surface area contributed by atoms with Crippen LogP contribution >= 0.6 is 0 Å². The van der Waals surface area contributed by atoms with E-state index in [2.05, 4.69) is 25.4 Å². The Kier molecular flexibility index (Phi) is 3.38. The highest BCUT2D eigenvalue weighted by atomic mass is 16.2. The van der Waals surface area contributed by atoms with Gasteiger partial charge in [0.25, 0.3) is 5.91 Å². The van der Waals surface area contributed by atoms with Crippen molar-refractivity contribution < 1.29 is 4.79 Å². The van der Waals surface area contributed by atoms with Crippen LogP contribution in [0.5, 0.6) is 0 Å². The maximum Gasteiger partial charge on any atom is 0.269 e. The minimum atomic E-state index is -0.0755. The van der Waals surface area contributed by atoms with Crippen LogP contribution in [-0.4, -0.2) is 51.7 Å². The zero-order chi connectivity index (χ0) is 14.9. The van der Waals surface area contributed by atoms with Crippen LogP contribution in [0.1, 0.15) is 23.3 Å². The first-order valence-corrected chi connectivity index (χ1v) is 7.79. The molecule has 3 aliphatic heterocycles. The molecule has 1 amide bonds. The highest BCUT2D eigenvalue weighted by Gasteiger charge is 2.35. The van der Waals surface area contributed by atoms with Crippen LogP contribution in [-0.2, 0) is 0 Å². The fraction of sp³-hybridized carbons (Fsp3) is 0.438. The molecule has 2 bridgehead atoms. The molecule has 6 heteroatoms. The van der Waals surface area contributed by atoms with E-state index in [0.717, 1.165) is 12.2 Å². The van der Waals surface area contributed by atoms with Crippen LogP contribution < -0.4 is 5.32 Å². The van der Waals surface area contributed by atoms with Crippen LogP contribution in [0.4, 0.5) is 0 Å². The molecule has 2 aromatic rings. The Bertz CT molecular complexity index is 660. The van der Waals surface area contributed by atoms with Gasteiger partial charge in [-0.15, -0.1) is 0 Å². The largest absolute Gasteiger partial charge is 0.346 e. The van der Waals surface area contributed by atoms with Gasteiger partial charge < -0.3 is 10.2 Å². The van der Waals surface area contributed by atoms with Gasteiger partial charge in [0, 0.05) is 18.8 Å². The van der Waals surface area contributed by atoms with Crippen molar-refractivity contribution in [1.29, 1.82) is 0 Å². The third-order valence-electron chi connectivity index (χ3n) is 4.72. The summed E-state index contributed by atoms with van der Waals surface area (Å²) in [7, 11) is 0. The average Bonchev–Trinajstić information content (AvgIpc) is 3.07. The molecule has 0 aromatic carbocycles. The molecular formula is C16H19N5O. The Labute approximate surface area is 128 Å². The lowest BCUT2D eigenvalue weighted by Gasteiger charge is -2.44. The van der Waals surface area contributed by atoms with Gasteiger partial charge in [-0.25, -0.2) is 0 Å². The van der Waals surface area contributed by atoms with Crippen molar-refractivity contribution in [1.82, 2.24) is 25.4 Å². The first kappa shape index (κ1) is 13.5. The number of hydrogen-bond donors (Lipinski definition) is 2. The number of fused-ring (bicyclic) bond motifs is 3. The Morgan fingerprint density at radius 1 is 1.27 bits per heavy atom. The van der Waals surface area contributed by atoms with Crippen LogP contribution in [0.3, 0.4) is 0 Å². The second-order valence-corrected chi connectivity index (χ2v) is 6.10. The summed E-state index contributed by atoms with van der Waals surface area (Å²) in [6.45, 7) is 3.31. The molecule has 2 N–H and O–H groups in total. The zero-order valence-electron chi connectivity index (χ0n) is 12.3. The molecule has 3 fully saturated rings. The van der Waals surface area contributed by atoms with Gasteiger partial charge in [0.15, 0.2) is 0 Å². The van der Waals surface area contributed by atoms with Gasteiger partial charge in [-0.2, -0.15) is 5.10 Å². The third kappa shape index (κ3) is 2.50. The molecule has 6 nitrogen and oxygen atoms in total. The average molecular weight is 297 g/mol. The summed E-state index contributed by atoms with van der Waals surface area (Å²) in [5, 5.41) is 10.2. The highest BCUT2D eigenvalue weighted by Crippen LogP contribution is 2.27. The van der Waals surface area contributed by atoms with Crippen molar-refractivity contribution >= 4 is 5.91 Å². The second kappa shape index (κ2) is 5.53. The van der Waals surface area contributed by atoms with E-state index >= 15 is 0 Å². The molecular weight excluding hydrogens is 278 g/mol. The highest BCUT2D eigenvalue weighted by molar-refractivity contribution is 5.93. The Morgan fingerprint density at radius 3 is 2.82 bits per heavy atom. The SMILES string of the molecule is O=C(N[C@H]1CN2CCC1CC2)c1cc(-c2ccccn2)n[nH]1. The summed E-state index contributed by atoms with van der Waals surface area (Å²) in [5.41, 5.74) is 1.96. The normalized spacial score (nSPS) is 26.8. The number of rotatable bonds is 3. The standard InChI is InChI=1S/C16H19N5O/c22-16(18-15-10-21-7-4-11(15)5-8-21)14-9-13(19-20-14)12-3-1-2-6-17-12/h1-3,6,9,11,15H,4-5,7-8,10H2,(H,18,22)(H,19,20)/t15-/m0/s1. The number of nitrogens with zero attached hydrogens (tertiary/aromatic N) is 3. The summed E-state index contributed by atoms with van der Waals surface area (Å²) in [6.07, 6.45) is 4.09. The fourth-order valence-electron chi connectivity index (χ4n) is 3.46. The maximum atomic E-state index is 12.4. The number of hydrogen-bond acceptors (Lipinski definition) is 4. The molecule has 0 aliphatic carbocycles. The molecule has 0 radical (unpaired) electrons.